The van der Waals surface area contributed by atoms with E-state index in [0.717, 1.165) is 18.7 Å². The van der Waals surface area contributed by atoms with Crippen LogP contribution in [0.2, 0.25) is 0 Å². The molecule has 0 saturated carbocycles. The highest BCUT2D eigenvalue weighted by molar-refractivity contribution is 6.26. The van der Waals surface area contributed by atoms with E-state index in [1.54, 1.807) is 18.2 Å². The molecule has 108 valence electrons. The van der Waals surface area contributed by atoms with Gasteiger partial charge in [-0.05, 0) is 31.5 Å². The number of alkyl halides is 3. The summed E-state index contributed by atoms with van der Waals surface area (Å²) in [5, 5.41) is 2.43. The van der Waals surface area contributed by atoms with Crippen molar-refractivity contribution < 1.29 is 18.0 Å². The largest absolute Gasteiger partial charge is 0.433 e. The molecule has 0 fully saturated rings. The Balaban J connectivity index is 3.00. The number of allylic oxidation sites excluding steroid dienone is 1. The highest BCUT2D eigenvalue weighted by Gasteiger charge is 2.39. The fourth-order valence-electron chi connectivity index (χ4n) is 1.70. The Morgan fingerprint density at radius 3 is 2.45 bits per heavy atom. The van der Waals surface area contributed by atoms with E-state index in [2.05, 4.69) is 10.3 Å². The number of halogens is 3. The lowest BCUT2D eigenvalue weighted by molar-refractivity contribution is -0.113. The van der Waals surface area contributed by atoms with E-state index < -0.39 is 23.4 Å². The smallest absolute Gasteiger partial charge is 0.322 e. The van der Waals surface area contributed by atoms with Crippen LogP contribution in [0.5, 0.6) is 0 Å². The van der Waals surface area contributed by atoms with Crippen LogP contribution < -0.4 is 5.32 Å². The first-order valence-electron chi connectivity index (χ1n) is 5.88. The number of carbonyl (C=O) groups excluding carboxylic acids is 1. The van der Waals surface area contributed by atoms with Crippen molar-refractivity contribution in [1.29, 1.82) is 0 Å². The molecule has 3 nitrogen and oxygen atoms in total. The summed E-state index contributed by atoms with van der Waals surface area (Å²) in [6, 6.07) is 6.80. The molecule has 0 aliphatic carbocycles. The Labute approximate surface area is 115 Å². The summed E-state index contributed by atoms with van der Waals surface area (Å²) in [5.41, 5.74) is -0.358. The Hall–Kier alpha value is -2.11. The molecule has 1 amide bonds. The molecular weight excluding hydrogens is 269 g/mol. The van der Waals surface area contributed by atoms with Crippen molar-refractivity contribution in [3.05, 3.63) is 41.5 Å². The number of hydrogen-bond donors (Lipinski definition) is 1. The normalized spacial score (nSPS) is 13.3. The lowest BCUT2D eigenvalue weighted by Crippen LogP contribution is -2.31. The molecule has 0 aromatic heterocycles. The second kappa shape index (κ2) is 6.36. The monoisotopic (exact) mass is 284 g/mol. The minimum absolute atomic E-state index is 0.437. The van der Waals surface area contributed by atoms with Crippen LogP contribution >= 0.6 is 0 Å². The molecular formula is C14H15F3N2O. The maximum Gasteiger partial charge on any atom is 0.433 e. The van der Waals surface area contributed by atoms with Gasteiger partial charge in [0.1, 0.15) is 0 Å². The van der Waals surface area contributed by atoms with Gasteiger partial charge in [0, 0.05) is 12.7 Å². The zero-order valence-corrected chi connectivity index (χ0v) is 11.4. The molecule has 0 aliphatic heterocycles. The fraction of sp³-hybridized carbons (Fsp3) is 0.286. The number of amides is 1. The maximum absolute atomic E-state index is 12.8. The predicted octanol–water partition coefficient (Wildman–Crippen LogP) is 3.51. The second-order valence-electron chi connectivity index (χ2n) is 4.10. The molecule has 6 heteroatoms. The number of nitrogens with zero attached hydrogens (tertiary/aromatic N) is 1. The topological polar surface area (TPSA) is 41.5 Å². The van der Waals surface area contributed by atoms with Gasteiger partial charge in [-0.3, -0.25) is 9.79 Å². The fourth-order valence-corrected chi connectivity index (χ4v) is 1.70. The number of benzene rings is 1. The van der Waals surface area contributed by atoms with E-state index in [4.69, 9.17) is 0 Å². The summed E-state index contributed by atoms with van der Waals surface area (Å²) in [4.78, 5) is 15.1. The number of aryl methyl sites for hydroxylation is 1. The van der Waals surface area contributed by atoms with E-state index in [9.17, 15) is 18.0 Å². The summed E-state index contributed by atoms with van der Waals surface area (Å²) in [5.74, 6) is -0.837. The quantitative estimate of drug-likeness (QED) is 0.669. The average molecular weight is 284 g/mol. The van der Waals surface area contributed by atoms with E-state index in [0.29, 0.717) is 5.69 Å². The Kier molecular flexibility index (Phi) is 5.07. The zero-order chi connectivity index (χ0) is 15.3. The second-order valence-corrected chi connectivity index (χ2v) is 4.10. The van der Waals surface area contributed by atoms with Crippen LogP contribution in [0.25, 0.3) is 0 Å². The molecule has 0 radical (unpaired) electrons. The molecule has 0 atom stereocenters. The standard InChI is InChI=1S/C14H15F3N2O/c1-4-11(12(18-3)14(15,16)17)13(20)19-10-7-5-6-9(2)8-10/h4-8H,1-3H3,(H,19,20)/b11-4+,18-12?. The van der Waals surface area contributed by atoms with E-state index in [-0.39, 0.29) is 0 Å². The first-order valence-corrected chi connectivity index (χ1v) is 5.88. The van der Waals surface area contributed by atoms with Crippen molar-refractivity contribution in [2.45, 2.75) is 20.0 Å². The SMILES string of the molecule is C/C=C(/C(=O)Nc1cccc(C)c1)C(=NC)C(F)(F)F. The summed E-state index contributed by atoms with van der Waals surface area (Å²) < 4.78 is 38.3. The molecule has 1 aromatic rings. The Bertz CT molecular complexity index is 560. The first-order chi connectivity index (χ1) is 9.29. The predicted molar refractivity (Wildman–Crippen MR) is 73.0 cm³/mol. The number of hydrogen-bond acceptors (Lipinski definition) is 2. The van der Waals surface area contributed by atoms with E-state index in [1.807, 2.05) is 13.0 Å². The van der Waals surface area contributed by atoms with Crippen LogP contribution in [-0.4, -0.2) is 24.8 Å². The van der Waals surface area contributed by atoms with E-state index >= 15 is 0 Å². The first kappa shape index (κ1) is 15.9. The van der Waals surface area contributed by atoms with Gasteiger partial charge in [0.15, 0.2) is 5.71 Å². The molecule has 20 heavy (non-hydrogen) atoms. The molecule has 1 rings (SSSR count). The zero-order valence-electron chi connectivity index (χ0n) is 11.4. The number of aliphatic imine (C=N–C) groups is 1. The van der Waals surface area contributed by atoms with E-state index in [1.165, 1.54) is 6.92 Å². The molecule has 0 saturated heterocycles. The third kappa shape index (κ3) is 3.94. The molecule has 1 N–H and O–H groups in total. The van der Waals surface area contributed by atoms with Crippen LogP contribution in [0.3, 0.4) is 0 Å². The maximum atomic E-state index is 12.8. The van der Waals surface area contributed by atoms with Gasteiger partial charge in [-0.1, -0.05) is 18.2 Å². The van der Waals surface area contributed by atoms with Crippen molar-refractivity contribution in [2.24, 2.45) is 4.99 Å². The van der Waals surface area contributed by atoms with Crippen molar-refractivity contribution >= 4 is 17.3 Å². The van der Waals surface area contributed by atoms with Gasteiger partial charge >= 0.3 is 6.18 Å². The number of nitrogens with one attached hydrogen (secondary N) is 1. The van der Waals surface area contributed by atoms with Crippen molar-refractivity contribution in [3.8, 4) is 0 Å². The third-order valence-corrected chi connectivity index (χ3v) is 2.56. The minimum Gasteiger partial charge on any atom is -0.322 e. The molecule has 0 spiro atoms. The summed E-state index contributed by atoms with van der Waals surface area (Å²) in [6.07, 6.45) is -3.57. The van der Waals surface area contributed by atoms with Crippen LogP contribution in [0.4, 0.5) is 18.9 Å². The lowest BCUT2D eigenvalue weighted by Gasteiger charge is -2.13. The molecule has 0 bridgehead atoms. The summed E-state index contributed by atoms with van der Waals surface area (Å²) in [6.45, 7) is 3.18. The minimum atomic E-state index is -4.67. The summed E-state index contributed by atoms with van der Waals surface area (Å²) in [7, 11) is 1.01. The van der Waals surface area contributed by atoms with Crippen LogP contribution in [-0.2, 0) is 4.79 Å². The molecule has 0 aliphatic rings. The van der Waals surface area contributed by atoms with Gasteiger partial charge in [-0.15, -0.1) is 0 Å². The summed E-state index contributed by atoms with van der Waals surface area (Å²) >= 11 is 0. The Morgan fingerprint density at radius 1 is 1.35 bits per heavy atom. The average Bonchev–Trinajstić information content (AvgIpc) is 2.33. The highest BCUT2D eigenvalue weighted by atomic mass is 19.4. The van der Waals surface area contributed by atoms with Crippen molar-refractivity contribution in [2.75, 3.05) is 12.4 Å². The Morgan fingerprint density at radius 2 is 2.00 bits per heavy atom. The lowest BCUT2D eigenvalue weighted by atomic mass is 10.1. The number of carbonyl (C=O) groups is 1. The van der Waals surface area contributed by atoms with Crippen LogP contribution in [0.1, 0.15) is 12.5 Å². The molecule has 0 unspecified atom stereocenters. The van der Waals surface area contributed by atoms with Gasteiger partial charge in [0.25, 0.3) is 5.91 Å². The van der Waals surface area contributed by atoms with Crippen LogP contribution in [0, 0.1) is 6.92 Å². The van der Waals surface area contributed by atoms with Gasteiger partial charge in [-0.2, -0.15) is 13.2 Å². The van der Waals surface area contributed by atoms with Crippen LogP contribution in [0.15, 0.2) is 40.9 Å². The van der Waals surface area contributed by atoms with Gasteiger partial charge < -0.3 is 5.32 Å². The van der Waals surface area contributed by atoms with Crippen molar-refractivity contribution in [1.82, 2.24) is 0 Å². The molecule has 0 heterocycles. The molecule has 1 aromatic carbocycles. The van der Waals surface area contributed by atoms with Crippen molar-refractivity contribution in [3.63, 3.8) is 0 Å². The number of anilines is 1. The van der Waals surface area contributed by atoms with Gasteiger partial charge in [-0.25, -0.2) is 0 Å². The van der Waals surface area contributed by atoms with Gasteiger partial charge in [0.2, 0.25) is 0 Å². The third-order valence-electron chi connectivity index (χ3n) is 2.56. The number of rotatable bonds is 3. The van der Waals surface area contributed by atoms with Gasteiger partial charge in [0.05, 0.1) is 5.57 Å². The highest BCUT2D eigenvalue weighted by Crippen LogP contribution is 2.23.